The molecule has 3 rings (SSSR count). The van der Waals surface area contributed by atoms with E-state index in [1.54, 1.807) is 5.56 Å². The highest BCUT2D eigenvalue weighted by molar-refractivity contribution is 5.92. The second-order valence-corrected chi connectivity index (χ2v) is 7.07. The Balaban J connectivity index is 1.62. The summed E-state index contributed by atoms with van der Waals surface area (Å²) in [5.74, 6) is 1.76. The van der Waals surface area contributed by atoms with Gasteiger partial charge in [-0.25, -0.2) is 0 Å². The van der Waals surface area contributed by atoms with Gasteiger partial charge in [0.25, 0.3) is 0 Å². The predicted molar refractivity (Wildman–Crippen MR) is 90.8 cm³/mol. The first-order valence-corrected chi connectivity index (χ1v) is 8.63. The normalized spacial score (nSPS) is 25.2. The molecule has 0 aliphatic heterocycles. The summed E-state index contributed by atoms with van der Waals surface area (Å²) in [6.07, 6.45) is 8.76. The monoisotopic (exact) mass is 297 g/mol. The van der Waals surface area contributed by atoms with Crippen molar-refractivity contribution in [2.75, 3.05) is 13.6 Å². The van der Waals surface area contributed by atoms with Gasteiger partial charge in [-0.2, -0.15) is 0 Å². The standard InChI is InChI=1S/C20H27NO/c1-15-6-3-4-9-20(15)17-8-5-7-16(12-17)14-21(2)18-10-11-19(22)13-18/h3-4,6,9,13,16-17H,5,7-8,10-12,14H2,1-2H3. The maximum Gasteiger partial charge on any atom is 0.157 e. The molecular weight excluding hydrogens is 270 g/mol. The Kier molecular flexibility index (Phi) is 4.66. The Hall–Kier alpha value is -1.57. The molecule has 0 saturated heterocycles. The fourth-order valence-corrected chi connectivity index (χ4v) is 4.17. The molecule has 2 nitrogen and oxygen atoms in total. The second-order valence-electron chi connectivity index (χ2n) is 7.07. The van der Waals surface area contributed by atoms with Crippen molar-refractivity contribution < 1.29 is 4.79 Å². The third-order valence-corrected chi connectivity index (χ3v) is 5.39. The van der Waals surface area contributed by atoms with E-state index in [0.717, 1.165) is 18.9 Å². The van der Waals surface area contributed by atoms with Gasteiger partial charge in [0.2, 0.25) is 0 Å². The van der Waals surface area contributed by atoms with Gasteiger partial charge in [-0.3, -0.25) is 4.79 Å². The quantitative estimate of drug-likeness (QED) is 0.818. The van der Waals surface area contributed by atoms with Gasteiger partial charge in [0, 0.05) is 31.8 Å². The van der Waals surface area contributed by atoms with Crippen LogP contribution in [0.5, 0.6) is 0 Å². The molecule has 0 radical (unpaired) electrons. The summed E-state index contributed by atoms with van der Waals surface area (Å²) < 4.78 is 0. The van der Waals surface area contributed by atoms with Crippen molar-refractivity contribution in [3.8, 4) is 0 Å². The van der Waals surface area contributed by atoms with Crippen LogP contribution >= 0.6 is 0 Å². The minimum atomic E-state index is 0.295. The predicted octanol–water partition coefficient (Wildman–Crippen LogP) is 4.45. The van der Waals surface area contributed by atoms with E-state index in [1.165, 1.54) is 36.9 Å². The van der Waals surface area contributed by atoms with Crippen molar-refractivity contribution >= 4 is 5.78 Å². The Labute approximate surface area is 134 Å². The molecule has 0 aromatic heterocycles. The van der Waals surface area contributed by atoms with Crippen LogP contribution in [0.15, 0.2) is 36.0 Å². The maximum absolute atomic E-state index is 11.4. The van der Waals surface area contributed by atoms with Crippen LogP contribution in [0.4, 0.5) is 0 Å². The van der Waals surface area contributed by atoms with Crippen LogP contribution in [0.2, 0.25) is 0 Å². The lowest BCUT2D eigenvalue weighted by Crippen LogP contribution is -2.28. The SMILES string of the molecule is Cc1ccccc1C1CCCC(CN(C)C2=CC(=O)CC2)C1. The van der Waals surface area contributed by atoms with Crippen molar-refractivity contribution in [2.24, 2.45) is 5.92 Å². The van der Waals surface area contributed by atoms with Gasteiger partial charge in [-0.05, 0) is 55.6 Å². The van der Waals surface area contributed by atoms with Crippen molar-refractivity contribution in [1.29, 1.82) is 0 Å². The molecule has 118 valence electrons. The number of hydrogen-bond donors (Lipinski definition) is 0. The topological polar surface area (TPSA) is 20.3 Å². The highest BCUT2D eigenvalue weighted by Crippen LogP contribution is 2.38. The second kappa shape index (κ2) is 6.68. The Morgan fingerprint density at radius 1 is 1.18 bits per heavy atom. The summed E-state index contributed by atoms with van der Waals surface area (Å²) in [6.45, 7) is 3.33. The number of aryl methyl sites for hydroxylation is 1. The molecule has 22 heavy (non-hydrogen) atoms. The number of ketones is 1. The number of carbonyl (C=O) groups is 1. The average molecular weight is 297 g/mol. The van der Waals surface area contributed by atoms with E-state index in [9.17, 15) is 4.79 Å². The largest absolute Gasteiger partial charge is 0.377 e. The Morgan fingerprint density at radius 3 is 2.73 bits per heavy atom. The molecule has 2 aliphatic rings. The van der Waals surface area contributed by atoms with E-state index in [0.29, 0.717) is 18.1 Å². The summed E-state index contributed by atoms with van der Waals surface area (Å²) in [5.41, 5.74) is 4.22. The highest BCUT2D eigenvalue weighted by Gasteiger charge is 2.26. The van der Waals surface area contributed by atoms with E-state index in [-0.39, 0.29) is 0 Å². The number of nitrogens with zero attached hydrogens (tertiary/aromatic N) is 1. The van der Waals surface area contributed by atoms with E-state index in [4.69, 9.17) is 0 Å². The first-order valence-electron chi connectivity index (χ1n) is 8.63. The molecule has 1 fully saturated rings. The number of allylic oxidation sites excluding steroid dienone is 2. The summed E-state index contributed by atoms with van der Waals surface area (Å²) in [7, 11) is 2.15. The van der Waals surface area contributed by atoms with Crippen molar-refractivity contribution in [3.05, 3.63) is 47.2 Å². The van der Waals surface area contributed by atoms with Crippen LogP contribution in [-0.4, -0.2) is 24.3 Å². The molecule has 2 atom stereocenters. The number of benzene rings is 1. The molecule has 1 aromatic carbocycles. The van der Waals surface area contributed by atoms with Gasteiger partial charge in [0.05, 0.1) is 0 Å². The first kappa shape index (κ1) is 15.3. The van der Waals surface area contributed by atoms with Crippen molar-refractivity contribution in [2.45, 2.75) is 51.4 Å². The molecule has 0 N–H and O–H groups in total. The third kappa shape index (κ3) is 3.43. The van der Waals surface area contributed by atoms with Crippen LogP contribution in [0.1, 0.15) is 55.6 Å². The molecule has 0 heterocycles. The smallest absolute Gasteiger partial charge is 0.157 e. The summed E-state index contributed by atoms with van der Waals surface area (Å²) in [6, 6.07) is 8.85. The fourth-order valence-electron chi connectivity index (χ4n) is 4.17. The summed E-state index contributed by atoms with van der Waals surface area (Å²) in [5, 5.41) is 0. The van der Waals surface area contributed by atoms with E-state index in [2.05, 4.69) is 43.1 Å². The van der Waals surface area contributed by atoms with Gasteiger partial charge in [-0.15, -0.1) is 0 Å². The zero-order chi connectivity index (χ0) is 15.5. The first-order chi connectivity index (χ1) is 10.6. The molecule has 1 aromatic rings. The highest BCUT2D eigenvalue weighted by atomic mass is 16.1. The minimum Gasteiger partial charge on any atom is -0.377 e. The van der Waals surface area contributed by atoms with E-state index in [1.807, 2.05) is 6.08 Å². The molecule has 2 heteroatoms. The summed E-state index contributed by atoms with van der Waals surface area (Å²) >= 11 is 0. The molecule has 0 spiro atoms. The number of hydrogen-bond acceptors (Lipinski definition) is 2. The zero-order valence-corrected chi connectivity index (χ0v) is 13.8. The average Bonchev–Trinajstić information content (AvgIpc) is 2.95. The van der Waals surface area contributed by atoms with Crippen LogP contribution < -0.4 is 0 Å². The molecule has 2 unspecified atom stereocenters. The van der Waals surface area contributed by atoms with Crippen molar-refractivity contribution in [3.63, 3.8) is 0 Å². The van der Waals surface area contributed by atoms with E-state index >= 15 is 0 Å². The molecular formula is C20H27NO. The minimum absolute atomic E-state index is 0.295. The molecule has 2 aliphatic carbocycles. The zero-order valence-electron chi connectivity index (χ0n) is 13.8. The van der Waals surface area contributed by atoms with Gasteiger partial charge >= 0.3 is 0 Å². The lowest BCUT2D eigenvalue weighted by atomic mass is 9.76. The van der Waals surface area contributed by atoms with Crippen LogP contribution in [-0.2, 0) is 4.79 Å². The lowest BCUT2D eigenvalue weighted by Gasteiger charge is -2.34. The van der Waals surface area contributed by atoms with Gasteiger partial charge in [0.15, 0.2) is 5.78 Å². The van der Waals surface area contributed by atoms with Crippen LogP contribution in [0.25, 0.3) is 0 Å². The Morgan fingerprint density at radius 2 is 2.00 bits per heavy atom. The van der Waals surface area contributed by atoms with Crippen molar-refractivity contribution in [1.82, 2.24) is 4.90 Å². The molecule has 0 bridgehead atoms. The van der Waals surface area contributed by atoms with E-state index < -0.39 is 0 Å². The third-order valence-electron chi connectivity index (χ3n) is 5.39. The number of carbonyl (C=O) groups excluding carboxylic acids is 1. The number of rotatable bonds is 4. The van der Waals surface area contributed by atoms with Gasteiger partial charge in [-0.1, -0.05) is 30.7 Å². The Bertz CT molecular complexity index is 575. The lowest BCUT2D eigenvalue weighted by molar-refractivity contribution is -0.114. The van der Waals surface area contributed by atoms with Crippen LogP contribution in [0.3, 0.4) is 0 Å². The molecule has 0 amide bonds. The van der Waals surface area contributed by atoms with Crippen LogP contribution in [0, 0.1) is 12.8 Å². The maximum atomic E-state index is 11.4. The van der Waals surface area contributed by atoms with Gasteiger partial charge in [0.1, 0.15) is 0 Å². The summed E-state index contributed by atoms with van der Waals surface area (Å²) in [4.78, 5) is 13.8. The fraction of sp³-hybridized carbons (Fsp3) is 0.550. The molecule has 1 saturated carbocycles. The van der Waals surface area contributed by atoms with Gasteiger partial charge < -0.3 is 4.90 Å².